The topological polar surface area (TPSA) is 34.4 Å². The zero-order valence-electron chi connectivity index (χ0n) is 12.4. The molecule has 0 amide bonds. The van der Waals surface area contributed by atoms with Crippen molar-refractivity contribution in [3.05, 3.63) is 51.9 Å². The lowest BCUT2D eigenvalue weighted by Gasteiger charge is -2.11. The lowest BCUT2D eigenvalue weighted by atomic mass is 10.1. The number of rotatable bonds is 6. The number of halogens is 1. The van der Waals surface area contributed by atoms with Gasteiger partial charge in [0, 0.05) is 23.2 Å². The minimum atomic E-state index is 0.437. The fourth-order valence-corrected chi connectivity index (χ4v) is 2.74. The number of hydrogen-bond donors (Lipinski definition) is 1. The van der Waals surface area contributed by atoms with Crippen molar-refractivity contribution in [3.63, 3.8) is 0 Å². The second-order valence-electron chi connectivity index (χ2n) is 5.73. The number of nitrogens with one attached hydrogen (secondary N) is 1. The van der Waals surface area contributed by atoms with Crippen LogP contribution in [0.4, 0.5) is 0 Å². The van der Waals surface area contributed by atoms with Crippen LogP contribution < -0.4 is 10.1 Å². The molecule has 0 saturated heterocycles. The SMILES string of the molecule is Cc1cc(Cl)cc(C)c1OCc1cc(CNC2CC2)co1. The Hall–Kier alpha value is -1.45. The van der Waals surface area contributed by atoms with Crippen molar-refractivity contribution in [2.24, 2.45) is 0 Å². The van der Waals surface area contributed by atoms with Crippen LogP contribution in [-0.4, -0.2) is 6.04 Å². The third kappa shape index (κ3) is 3.80. The molecule has 2 aromatic rings. The van der Waals surface area contributed by atoms with Gasteiger partial charge in [0.1, 0.15) is 18.1 Å². The lowest BCUT2D eigenvalue weighted by Crippen LogP contribution is -2.14. The van der Waals surface area contributed by atoms with Crippen molar-refractivity contribution in [1.29, 1.82) is 0 Å². The van der Waals surface area contributed by atoms with Crippen molar-refractivity contribution >= 4 is 11.6 Å². The quantitative estimate of drug-likeness (QED) is 0.860. The molecule has 0 radical (unpaired) electrons. The summed E-state index contributed by atoms with van der Waals surface area (Å²) in [5.41, 5.74) is 3.26. The molecular weight excluding hydrogens is 286 g/mol. The highest BCUT2D eigenvalue weighted by Crippen LogP contribution is 2.28. The van der Waals surface area contributed by atoms with E-state index >= 15 is 0 Å². The molecule has 0 aliphatic heterocycles. The van der Waals surface area contributed by atoms with E-state index in [1.54, 1.807) is 6.26 Å². The summed E-state index contributed by atoms with van der Waals surface area (Å²) in [5, 5.41) is 4.21. The molecule has 0 unspecified atom stereocenters. The van der Waals surface area contributed by atoms with Crippen LogP contribution >= 0.6 is 11.6 Å². The lowest BCUT2D eigenvalue weighted by molar-refractivity contribution is 0.267. The molecule has 112 valence electrons. The second-order valence-corrected chi connectivity index (χ2v) is 6.17. The van der Waals surface area contributed by atoms with E-state index in [-0.39, 0.29) is 0 Å². The molecule has 3 rings (SSSR count). The van der Waals surface area contributed by atoms with Gasteiger partial charge >= 0.3 is 0 Å². The fourth-order valence-electron chi connectivity index (χ4n) is 2.41. The van der Waals surface area contributed by atoms with E-state index in [0.29, 0.717) is 12.6 Å². The zero-order valence-corrected chi connectivity index (χ0v) is 13.2. The van der Waals surface area contributed by atoms with Crippen LogP contribution in [-0.2, 0) is 13.2 Å². The van der Waals surface area contributed by atoms with Crippen LogP contribution in [0.1, 0.15) is 35.3 Å². The van der Waals surface area contributed by atoms with Gasteiger partial charge in [-0.2, -0.15) is 0 Å². The van der Waals surface area contributed by atoms with Gasteiger partial charge in [-0.05, 0) is 56.0 Å². The van der Waals surface area contributed by atoms with Crippen molar-refractivity contribution in [2.45, 2.75) is 45.9 Å². The van der Waals surface area contributed by atoms with Gasteiger partial charge in [0.25, 0.3) is 0 Å². The van der Waals surface area contributed by atoms with E-state index in [9.17, 15) is 0 Å². The first kappa shape index (κ1) is 14.5. The summed E-state index contributed by atoms with van der Waals surface area (Å²) in [7, 11) is 0. The van der Waals surface area contributed by atoms with Crippen molar-refractivity contribution < 1.29 is 9.15 Å². The van der Waals surface area contributed by atoms with Gasteiger partial charge in [0.2, 0.25) is 0 Å². The van der Waals surface area contributed by atoms with Gasteiger partial charge in [-0.1, -0.05) is 11.6 Å². The Balaban J connectivity index is 1.59. The normalized spacial score (nSPS) is 14.4. The first-order chi connectivity index (χ1) is 10.1. The summed E-state index contributed by atoms with van der Waals surface area (Å²) < 4.78 is 11.4. The zero-order chi connectivity index (χ0) is 14.8. The van der Waals surface area contributed by atoms with Crippen molar-refractivity contribution in [1.82, 2.24) is 5.32 Å². The largest absolute Gasteiger partial charge is 0.485 e. The predicted molar refractivity (Wildman–Crippen MR) is 83.8 cm³/mol. The van der Waals surface area contributed by atoms with E-state index in [2.05, 4.69) is 11.4 Å². The first-order valence-corrected chi connectivity index (χ1v) is 7.69. The van der Waals surface area contributed by atoms with Crippen LogP contribution in [0.15, 0.2) is 28.9 Å². The molecular formula is C17H20ClNO2. The third-order valence-corrected chi connectivity index (χ3v) is 3.88. The van der Waals surface area contributed by atoms with Gasteiger partial charge in [0.05, 0.1) is 6.26 Å². The Morgan fingerprint density at radius 2 is 1.95 bits per heavy atom. The van der Waals surface area contributed by atoms with Crippen LogP contribution in [0.2, 0.25) is 5.02 Å². The standard InChI is InChI=1S/C17H20ClNO2/c1-11-5-14(18)6-12(2)17(11)21-10-16-7-13(9-20-16)8-19-15-3-4-15/h5-7,9,15,19H,3-4,8,10H2,1-2H3. The smallest absolute Gasteiger partial charge is 0.146 e. The van der Waals surface area contributed by atoms with E-state index in [4.69, 9.17) is 20.8 Å². The molecule has 1 heterocycles. The highest BCUT2D eigenvalue weighted by Gasteiger charge is 2.20. The molecule has 0 atom stereocenters. The van der Waals surface area contributed by atoms with E-state index in [0.717, 1.165) is 34.2 Å². The van der Waals surface area contributed by atoms with E-state index in [1.165, 1.54) is 18.4 Å². The van der Waals surface area contributed by atoms with E-state index < -0.39 is 0 Å². The molecule has 0 bridgehead atoms. The molecule has 1 aromatic carbocycles. The highest BCUT2D eigenvalue weighted by molar-refractivity contribution is 6.30. The molecule has 1 aliphatic rings. The Morgan fingerprint density at radius 1 is 1.24 bits per heavy atom. The van der Waals surface area contributed by atoms with Gasteiger partial charge in [-0.15, -0.1) is 0 Å². The van der Waals surface area contributed by atoms with Gasteiger partial charge in [-0.3, -0.25) is 0 Å². The summed E-state index contributed by atoms with van der Waals surface area (Å²) in [4.78, 5) is 0. The molecule has 0 spiro atoms. The Labute approximate surface area is 130 Å². The van der Waals surface area contributed by atoms with Crippen molar-refractivity contribution in [2.75, 3.05) is 0 Å². The van der Waals surface area contributed by atoms with Gasteiger partial charge in [-0.25, -0.2) is 0 Å². The Kier molecular flexibility index (Phi) is 4.22. The number of benzene rings is 1. The minimum absolute atomic E-state index is 0.437. The molecule has 21 heavy (non-hydrogen) atoms. The molecule has 1 fully saturated rings. The summed E-state index contributed by atoms with van der Waals surface area (Å²) >= 11 is 6.03. The maximum absolute atomic E-state index is 6.03. The number of ether oxygens (including phenoxy) is 1. The molecule has 3 nitrogen and oxygen atoms in total. The van der Waals surface area contributed by atoms with Gasteiger partial charge in [0.15, 0.2) is 0 Å². The monoisotopic (exact) mass is 305 g/mol. The van der Waals surface area contributed by atoms with Gasteiger partial charge < -0.3 is 14.5 Å². The molecule has 4 heteroatoms. The van der Waals surface area contributed by atoms with Crippen LogP contribution in [0, 0.1) is 13.8 Å². The fraction of sp³-hybridized carbons (Fsp3) is 0.412. The summed E-state index contributed by atoms with van der Waals surface area (Å²) in [5.74, 6) is 1.73. The third-order valence-electron chi connectivity index (χ3n) is 3.66. The van der Waals surface area contributed by atoms with Crippen molar-refractivity contribution in [3.8, 4) is 5.75 Å². The van der Waals surface area contributed by atoms with Crippen LogP contribution in [0.5, 0.6) is 5.75 Å². The average Bonchev–Trinajstić information content (AvgIpc) is 3.14. The van der Waals surface area contributed by atoms with Crippen LogP contribution in [0.25, 0.3) is 0 Å². The first-order valence-electron chi connectivity index (χ1n) is 7.31. The number of hydrogen-bond acceptors (Lipinski definition) is 3. The maximum atomic E-state index is 6.03. The number of furan rings is 1. The molecule has 1 aliphatic carbocycles. The molecule has 1 aromatic heterocycles. The summed E-state index contributed by atoms with van der Waals surface area (Å²) in [6.45, 7) is 5.31. The Morgan fingerprint density at radius 3 is 2.62 bits per heavy atom. The molecule has 1 N–H and O–H groups in total. The Bertz CT molecular complexity index is 608. The van der Waals surface area contributed by atoms with Crippen LogP contribution in [0.3, 0.4) is 0 Å². The summed E-state index contributed by atoms with van der Waals surface area (Å²) in [6, 6.07) is 6.59. The highest BCUT2D eigenvalue weighted by atomic mass is 35.5. The summed E-state index contributed by atoms with van der Waals surface area (Å²) in [6.07, 6.45) is 4.39. The minimum Gasteiger partial charge on any atom is -0.485 e. The van der Waals surface area contributed by atoms with E-state index in [1.807, 2.05) is 26.0 Å². The average molecular weight is 306 g/mol. The number of aryl methyl sites for hydroxylation is 2. The maximum Gasteiger partial charge on any atom is 0.146 e. The second kappa shape index (κ2) is 6.12. The molecule has 1 saturated carbocycles. The predicted octanol–water partition coefficient (Wildman–Crippen LogP) is 4.38.